The van der Waals surface area contributed by atoms with Crippen molar-refractivity contribution in [3.05, 3.63) is 54.9 Å². The summed E-state index contributed by atoms with van der Waals surface area (Å²) in [6.45, 7) is 4.40. The van der Waals surface area contributed by atoms with Crippen molar-refractivity contribution in [3.8, 4) is 17.3 Å². The Hall–Kier alpha value is -3.62. The molecule has 0 unspecified atom stereocenters. The lowest BCUT2D eigenvalue weighted by atomic mass is 9.96. The summed E-state index contributed by atoms with van der Waals surface area (Å²) in [4.78, 5) is 27.8. The number of nitrogens with one attached hydrogen (secondary N) is 1. The van der Waals surface area contributed by atoms with Crippen molar-refractivity contribution in [2.45, 2.75) is 19.8 Å². The summed E-state index contributed by atoms with van der Waals surface area (Å²) in [5.74, 6) is 4.16. The minimum atomic E-state index is 0.00411. The monoisotopic (exact) mass is 436 g/mol. The summed E-state index contributed by atoms with van der Waals surface area (Å²) in [5, 5.41) is 2.99. The second-order valence-corrected chi connectivity index (χ2v) is 7.66. The number of ether oxygens (including phenoxy) is 2. The van der Waals surface area contributed by atoms with Crippen LogP contribution in [0.1, 0.15) is 18.7 Å². The van der Waals surface area contributed by atoms with Crippen LogP contribution in [0, 0.1) is 12.8 Å². The van der Waals surface area contributed by atoms with Crippen molar-refractivity contribution in [1.29, 1.82) is 0 Å². The van der Waals surface area contributed by atoms with E-state index in [9.17, 15) is 4.79 Å². The first-order chi connectivity index (χ1) is 15.6. The predicted molar refractivity (Wildman–Crippen MR) is 120 cm³/mol. The van der Waals surface area contributed by atoms with E-state index in [1.54, 1.807) is 19.6 Å². The molecule has 9 nitrogen and oxygen atoms in total. The van der Waals surface area contributed by atoms with E-state index in [2.05, 4.69) is 25.2 Å². The molecular formula is C23H28N6O3. The van der Waals surface area contributed by atoms with Crippen LogP contribution in [0.5, 0.6) is 11.5 Å². The van der Waals surface area contributed by atoms with E-state index < -0.39 is 0 Å². The van der Waals surface area contributed by atoms with Crippen molar-refractivity contribution in [2.24, 2.45) is 5.92 Å². The average molecular weight is 437 g/mol. The van der Waals surface area contributed by atoms with Gasteiger partial charge in [0.05, 0.1) is 13.7 Å². The third-order valence-electron chi connectivity index (χ3n) is 5.63. The Bertz CT molecular complexity index is 1030. The van der Waals surface area contributed by atoms with E-state index in [0.29, 0.717) is 13.2 Å². The zero-order valence-electron chi connectivity index (χ0n) is 18.4. The number of methoxy groups -OCH3 is 1. The summed E-state index contributed by atoms with van der Waals surface area (Å²) in [6, 6.07) is 9.36. The fraction of sp³-hybridized carbons (Fsp3) is 0.391. The van der Waals surface area contributed by atoms with Crippen LogP contribution in [-0.4, -0.2) is 58.8 Å². The molecule has 168 valence electrons. The fourth-order valence-electron chi connectivity index (χ4n) is 3.79. The van der Waals surface area contributed by atoms with Gasteiger partial charge in [-0.3, -0.25) is 9.36 Å². The molecule has 1 N–H and O–H groups in total. The maximum Gasteiger partial charge on any atom is 0.223 e. The molecule has 0 saturated carbocycles. The third kappa shape index (κ3) is 5.16. The summed E-state index contributed by atoms with van der Waals surface area (Å²) in [6.07, 6.45) is 6.79. The largest absolute Gasteiger partial charge is 0.497 e. The molecule has 32 heavy (non-hydrogen) atoms. The number of anilines is 1. The molecule has 1 amide bonds. The molecular weight excluding hydrogens is 408 g/mol. The molecule has 1 aliphatic heterocycles. The van der Waals surface area contributed by atoms with Gasteiger partial charge < -0.3 is 19.7 Å². The average Bonchev–Trinajstić information content (AvgIpc) is 3.28. The molecule has 0 radical (unpaired) electrons. The van der Waals surface area contributed by atoms with Crippen molar-refractivity contribution in [1.82, 2.24) is 24.8 Å². The standard InChI is InChI=1S/C23H28N6O3/c1-17-24-9-13-29(17)22-15-21(26-16-27-22)28-11-7-18(8-12-28)23(30)25-10-14-32-20-5-3-19(31-2)4-6-20/h3-6,9,13,15-16,18H,7-8,10-12,14H2,1-2H3,(H,25,30). The molecule has 0 aliphatic carbocycles. The number of benzene rings is 1. The normalized spacial score (nSPS) is 14.2. The minimum Gasteiger partial charge on any atom is -0.497 e. The van der Waals surface area contributed by atoms with Crippen molar-refractivity contribution < 1.29 is 14.3 Å². The lowest BCUT2D eigenvalue weighted by molar-refractivity contribution is -0.125. The van der Waals surface area contributed by atoms with E-state index in [1.807, 2.05) is 48.0 Å². The second-order valence-electron chi connectivity index (χ2n) is 7.66. The van der Waals surface area contributed by atoms with Gasteiger partial charge >= 0.3 is 0 Å². The highest BCUT2D eigenvalue weighted by Crippen LogP contribution is 2.23. The number of amides is 1. The molecule has 0 bridgehead atoms. The van der Waals surface area contributed by atoms with Gasteiger partial charge in [0.1, 0.15) is 41.9 Å². The van der Waals surface area contributed by atoms with E-state index in [-0.39, 0.29) is 11.8 Å². The van der Waals surface area contributed by atoms with Gasteiger partial charge in [0.2, 0.25) is 5.91 Å². The minimum absolute atomic E-state index is 0.00411. The van der Waals surface area contributed by atoms with Gasteiger partial charge in [-0.25, -0.2) is 15.0 Å². The van der Waals surface area contributed by atoms with Gasteiger partial charge in [-0.05, 0) is 44.0 Å². The van der Waals surface area contributed by atoms with Gasteiger partial charge in [-0.1, -0.05) is 0 Å². The summed E-state index contributed by atoms with van der Waals surface area (Å²) in [7, 11) is 1.63. The van der Waals surface area contributed by atoms with Crippen LogP contribution in [0.4, 0.5) is 5.82 Å². The second kappa shape index (κ2) is 10.1. The SMILES string of the molecule is COc1ccc(OCCNC(=O)C2CCN(c3cc(-n4ccnc4C)ncn3)CC2)cc1. The van der Waals surface area contributed by atoms with Crippen molar-refractivity contribution >= 4 is 11.7 Å². The summed E-state index contributed by atoms with van der Waals surface area (Å²) >= 11 is 0. The Balaban J connectivity index is 1.22. The van der Waals surface area contributed by atoms with Gasteiger partial charge in [-0.15, -0.1) is 0 Å². The van der Waals surface area contributed by atoms with Gasteiger partial charge in [0.15, 0.2) is 0 Å². The molecule has 0 atom stereocenters. The number of carbonyl (C=O) groups excluding carboxylic acids is 1. The van der Waals surface area contributed by atoms with Crippen LogP contribution in [0.3, 0.4) is 0 Å². The maximum absolute atomic E-state index is 12.5. The molecule has 2 aromatic heterocycles. The molecule has 1 aromatic carbocycles. The van der Waals surface area contributed by atoms with Crippen LogP contribution >= 0.6 is 0 Å². The fourth-order valence-corrected chi connectivity index (χ4v) is 3.79. The Kier molecular flexibility index (Phi) is 6.84. The van der Waals surface area contributed by atoms with Gasteiger partial charge in [-0.2, -0.15) is 0 Å². The first kappa shape index (κ1) is 21.6. The Morgan fingerprint density at radius 3 is 2.50 bits per heavy atom. The highest BCUT2D eigenvalue weighted by Gasteiger charge is 2.25. The maximum atomic E-state index is 12.5. The Labute approximate surface area is 187 Å². The summed E-state index contributed by atoms with van der Waals surface area (Å²) in [5.41, 5.74) is 0. The predicted octanol–water partition coefficient (Wildman–Crippen LogP) is 2.39. The molecule has 3 aromatic rings. The molecule has 1 saturated heterocycles. The number of hydrogen-bond acceptors (Lipinski definition) is 7. The van der Waals surface area contributed by atoms with Crippen molar-refractivity contribution in [2.75, 3.05) is 38.3 Å². The van der Waals surface area contributed by atoms with Crippen LogP contribution in [0.25, 0.3) is 5.82 Å². The zero-order chi connectivity index (χ0) is 22.3. The highest BCUT2D eigenvalue weighted by atomic mass is 16.5. The highest BCUT2D eigenvalue weighted by molar-refractivity contribution is 5.79. The molecule has 1 fully saturated rings. The van der Waals surface area contributed by atoms with Crippen molar-refractivity contribution in [3.63, 3.8) is 0 Å². The van der Waals surface area contributed by atoms with Gasteiger partial charge in [0, 0.05) is 37.5 Å². The molecule has 0 spiro atoms. The van der Waals surface area contributed by atoms with E-state index >= 15 is 0 Å². The lowest BCUT2D eigenvalue weighted by Crippen LogP contribution is -2.41. The number of imidazole rings is 1. The number of hydrogen-bond donors (Lipinski definition) is 1. The Morgan fingerprint density at radius 2 is 1.81 bits per heavy atom. The van der Waals surface area contributed by atoms with Crippen LogP contribution in [0.2, 0.25) is 0 Å². The molecule has 9 heteroatoms. The smallest absolute Gasteiger partial charge is 0.223 e. The van der Waals surface area contributed by atoms with E-state index in [0.717, 1.165) is 54.9 Å². The summed E-state index contributed by atoms with van der Waals surface area (Å²) < 4.78 is 12.7. The number of aryl methyl sites for hydroxylation is 1. The lowest BCUT2D eigenvalue weighted by Gasteiger charge is -2.32. The topological polar surface area (TPSA) is 94.4 Å². The number of aromatic nitrogens is 4. The first-order valence-corrected chi connectivity index (χ1v) is 10.8. The molecule has 4 rings (SSSR count). The molecule has 1 aliphatic rings. The zero-order valence-corrected chi connectivity index (χ0v) is 18.4. The Morgan fingerprint density at radius 1 is 1.09 bits per heavy atom. The number of nitrogens with zero attached hydrogens (tertiary/aromatic N) is 5. The quantitative estimate of drug-likeness (QED) is 0.542. The van der Waals surface area contributed by atoms with Gasteiger partial charge in [0.25, 0.3) is 0 Å². The van der Waals surface area contributed by atoms with E-state index in [4.69, 9.17) is 9.47 Å². The van der Waals surface area contributed by atoms with Crippen LogP contribution in [0.15, 0.2) is 49.1 Å². The first-order valence-electron chi connectivity index (χ1n) is 10.8. The van der Waals surface area contributed by atoms with Crippen LogP contribution < -0.4 is 19.7 Å². The number of carbonyl (C=O) groups is 1. The molecule has 3 heterocycles. The number of piperidine rings is 1. The van der Waals surface area contributed by atoms with Crippen LogP contribution in [-0.2, 0) is 4.79 Å². The van der Waals surface area contributed by atoms with E-state index in [1.165, 1.54) is 0 Å². The number of rotatable bonds is 8. The third-order valence-corrected chi connectivity index (χ3v) is 5.63.